The zero-order valence-corrected chi connectivity index (χ0v) is 10.1. The standard InChI is InChI=1S/C11H12O8/c1-4-7(12)17-6-11(3,18-8(13)5-2)19-10(16)9(14)15/h4-5H,1-2,6H2,3H3,(H,14,15). The van der Waals surface area contributed by atoms with E-state index in [1.165, 1.54) is 0 Å². The van der Waals surface area contributed by atoms with E-state index in [0.717, 1.165) is 19.1 Å². The minimum Gasteiger partial charge on any atom is -0.473 e. The van der Waals surface area contributed by atoms with Gasteiger partial charge in [0, 0.05) is 19.1 Å². The largest absolute Gasteiger partial charge is 0.473 e. The summed E-state index contributed by atoms with van der Waals surface area (Å²) in [6.07, 6.45) is 1.59. The molecule has 0 bridgehead atoms. The quantitative estimate of drug-likeness (QED) is 0.305. The van der Waals surface area contributed by atoms with Gasteiger partial charge >= 0.3 is 23.9 Å². The average molecular weight is 272 g/mol. The topological polar surface area (TPSA) is 116 Å². The zero-order valence-electron chi connectivity index (χ0n) is 10.1. The van der Waals surface area contributed by atoms with Crippen LogP contribution in [0, 0.1) is 0 Å². The third-order valence-corrected chi connectivity index (χ3v) is 1.61. The van der Waals surface area contributed by atoms with Gasteiger partial charge in [0.25, 0.3) is 5.79 Å². The van der Waals surface area contributed by atoms with Crippen LogP contribution in [0.2, 0.25) is 0 Å². The summed E-state index contributed by atoms with van der Waals surface area (Å²) < 4.78 is 13.6. The van der Waals surface area contributed by atoms with Gasteiger partial charge < -0.3 is 19.3 Å². The second-order valence-corrected chi connectivity index (χ2v) is 3.27. The van der Waals surface area contributed by atoms with Crippen molar-refractivity contribution in [2.24, 2.45) is 0 Å². The monoisotopic (exact) mass is 272 g/mol. The van der Waals surface area contributed by atoms with Crippen LogP contribution in [-0.4, -0.2) is 41.4 Å². The number of carbonyl (C=O) groups is 4. The maximum Gasteiger partial charge on any atom is 0.420 e. The minimum atomic E-state index is -2.08. The van der Waals surface area contributed by atoms with Gasteiger partial charge in [-0.05, 0) is 0 Å². The van der Waals surface area contributed by atoms with E-state index in [1.807, 2.05) is 0 Å². The van der Waals surface area contributed by atoms with Crippen LogP contribution < -0.4 is 0 Å². The Labute approximate surface area is 108 Å². The summed E-state index contributed by atoms with van der Waals surface area (Å²) in [4.78, 5) is 43.2. The van der Waals surface area contributed by atoms with Crippen LogP contribution >= 0.6 is 0 Å². The summed E-state index contributed by atoms with van der Waals surface area (Å²) in [7, 11) is 0. The first kappa shape index (κ1) is 16.4. The molecule has 0 aliphatic heterocycles. The first-order chi connectivity index (χ1) is 8.74. The van der Waals surface area contributed by atoms with E-state index in [0.29, 0.717) is 0 Å². The molecule has 0 aromatic heterocycles. The molecule has 0 saturated carbocycles. The smallest absolute Gasteiger partial charge is 0.420 e. The van der Waals surface area contributed by atoms with Crippen molar-refractivity contribution in [1.82, 2.24) is 0 Å². The third kappa shape index (κ3) is 6.01. The highest BCUT2D eigenvalue weighted by Crippen LogP contribution is 2.15. The van der Waals surface area contributed by atoms with Gasteiger partial charge in [-0.1, -0.05) is 13.2 Å². The van der Waals surface area contributed by atoms with Gasteiger partial charge in [-0.25, -0.2) is 19.2 Å². The van der Waals surface area contributed by atoms with E-state index in [4.69, 9.17) is 5.11 Å². The Kier molecular flexibility index (Phi) is 5.98. The lowest BCUT2D eigenvalue weighted by molar-refractivity contribution is -0.235. The molecule has 0 aromatic carbocycles. The zero-order chi connectivity index (χ0) is 15.1. The molecule has 0 aliphatic carbocycles. The highest BCUT2D eigenvalue weighted by atomic mass is 16.8. The molecule has 0 amide bonds. The van der Waals surface area contributed by atoms with Crippen molar-refractivity contribution in [3.05, 3.63) is 25.3 Å². The Hall–Kier alpha value is -2.64. The first-order valence-electron chi connectivity index (χ1n) is 4.85. The number of carboxylic acids is 1. The SMILES string of the molecule is C=CC(=O)OCC(C)(OC(=O)C=C)OC(=O)C(=O)O. The van der Waals surface area contributed by atoms with Crippen molar-refractivity contribution in [3.8, 4) is 0 Å². The second kappa shape index (κ2) is 6.94. The summed E-state index contributed by atoms with van der Waals surface area (Å²) in [6.45, 7) is 6.59. The van der Waals surface area contributed by atoms with Crippen LogP contribution in [-0.2, 0) is 33.4 Å². The molecule has 0 aromatic rings. The molecule has 8 nitrogen and oxygen atoms in total. The Morgan fingerprint density at radius 1 is 1.11 bits per heavy atom. The molecule has 8 heteroatoms. The predicted octanol–water partition coefficient (Wildman–Crippen LogP) is -0.211. The van der Waals surface area contributed by atoms with E-state index in [2.05, 4.69) is 27.4 Å². The van der Waals surface area contributed by atoms with Crippen molar-refractivity contribution in [1.29, 1.82) is 0 Å². The Morgan fingerprint density at radius 2 is 1.63 bits per heavy atom. The van der Waals surface area contributed by atoms with Crippen molar-refractivity contribution in [2.75, 3.05) is 6.61 Å². The lowest BCUT2D eigenvalue weighted by atomic mass is 10.3. The summed E-state index contributed by atoms with van der Waals surface area (Å²) in [5.41, 5.74) is 0. The Balaban J connectivity index is 4.89. The fourth-order valence-electron chi connectivity index (χ4n) is 0.835. The van der Waals surface area contributed by atoms with Crippen LogP contribution in [0.3, 0.4) is 0 Å². The van der Waals surface area contributed by atoms with Crippen molar-refractivity contribution >= 4 is 23.9 Å². The molecule has 1 N–H and O–H groups in total. The van der Waals surface area contributed by atoms with Crippen molar-refractivity contribution in [2.45, 2.75) is 12.7 Å². The fourth-order valence-corrected chi connectivity index (χ4v) is 0.835. The average Bonchev–Trinajstić information content (AvgIpc) is 2.35. The van der Waals surface area contributed by atoms with Crippen LogP contribution in [0.5, 0.6) is 0 Å². The Bertz CT molecular complexity index is 424. The van der Waals surface area contributed by atoms with Crippen LogP contribution in [0.1, 0.15) is 6.92 Å². The van der Waals surface area contributed by atoms with E-state index >= 15 is 0 Å². The van der Waals surface area contributed by atoms with Gasteiger partial charge in [0.05, 0.1) is 0 Å². The molecule has 1 unspecified atom stereocenters. The highest BCUT2D eigenvalue weighted by Gasteiger charge is 2.36. The van der Waals surface area contributed by atoms with Crippen molar-refractivity contribution in [3.63, 3.8) is 0 Å². The van der Waals surface area contributed by atoms with E-state index in [-0.39, 0.29) is 0 Å². The number of aliphatic carboxylic acids is 1. The van der Waals surface area contributed by atoms with E-state index < -0.39 is 36.3 Å². The molecule has 0 rings (SSSR count). The van der Waals surface area contributed by atoms with Gasteiger partial charge in [-0.2, -0.15) is 0 Å². The molecule has 0 heterocycles. The van der Waals surface area contributed by atoms with Crippen LogP contribution in [0.25, 0.3) is 0 Å². The van der Waals surface area contributed by atoms with E-state index in [1.54, 1.807) is 0 Å². The van der Waals surface area contributed by atoms with Gasteiger partial charge in [0.15, 0.2) is 6.61 Å². The summed E-state index contributed by atoms with van der Waals surface area (Å²) >= 11 is 0. The van der Waals surface area contributed by atoms with E-state index in [9.17, 15) is 19.2 Å². The second-order valence-electron chi connectivity index (χ2n) is 3.27. The number of ether oxygens (including phenoxy) is 3. The first-order valence-corrected chi connectivity index (χ1v) is 4.85. The normalized spacial score (nSPS) is 12.5. The minimum absolute atomic E-state index is 0.698. The summed E-state index contributed by atoms with van der Waals surface area (Å²) in [6, 6.07) is 0. The number of carbonyl (C=O) groups excluding carboxylic acids is 3. The van der Waals surface area contributed by atoms with Gasteiger partial charge in [-0.3, -0.25) is 0 Å². The predicted molar refractivity (Wildman–Crippen MR) is 59.6 cm³/mol. The Morgan fingerprint density at radius 3 is 2.05 bits per heavy atom. The van der Waals surface area contributed by atoms with Crippen LogP contribution in [0.4, 0.5) is 0 Å². The molecule has 19 heavy (non-hydrogen) atoms. The highest BCUT2D eigenvalue weighted by molar-refractivity contribution is 6.28. The molecule has 0 fully saturated rings. The molecule has 1 atom stereocenters. The molecule has 0 radical (unpaired) electrons. The van der Waals surface area contributed by atoms with Gasteiger partial charge in [0.2, 0.25) is 0 Å². The van der Waals surface area contributed by atoms with Crippen molar-refractivity contribution < 1.29 is 38.5 Å². The van der Waals surface area contributed by atoms with Gasteiger partial charge in [-0.15, -0.1) is 0 Å². The maximum atomic E-state index is 11.1. The lowest BCUT2D eigenvalue weighted by Crippen LogP contribution is -2.43. The number of rotatable bonds is 6. The van der Waals surface area contributed by atoms with Crippen LogP contribution in [0.15, 0.2) is 25.3 Å². The molecular formula is C11H12O8. The lowest BCUT2D eigenvalue weighted by Gasteiger charge is -2.27. The van der Waals surface area contributed by atoms with Gasteiger partial charge in [0.1, 0.15) is 0 Å². The maximum absolute atomic E-state index is 11.1. The summed E-state index contributed by atoms with van der Waals surface area (Å²) in [5, 5.41) is 8.40. The fraction of sp³-hybridized carbons (Fsp3) is 0.273. The number of carboxylic acid groups (broad SMARTS) is 1. The molecular weight excluding hydrogens is 260 g/mol. The number of hydrogen-bond acceptors (Lipinski definition) is 7. The molecule has 104 valence electrons. The molecule has 0 saturated heterocycles. The number of hydrogen-bond donors (Lipinski definition) is 1. The molecule has 0 spiro atoms. The third-order valence-electron chi connectivity index (χ3n) is 1.61. The number of esters is 3. The summed E-state index contributed by atoms with van der Waals surface area (Å²) in [5.74, 6) is -7.51. The molecule has 0 aliphatic rings.